The SMILES string of the molecule is [B]P1(=O)C(C=C)=C2C(=C(C=C)P([B])(=O)/C2=C/C)/C1=C\C. The van der Waals surface area contributed by atoms with Crippen LogP contribution in [0.15, 0.2) is 69.9 Å². The fourth-order valence-corrected chi connectivity index (χ4v) is 7.11. The van der Waals surface area contributed by atoms with Crippen molar-refractivity contribution < 1.29 is 9.13 Å². The summed E-state index contributed by atoms with van der Waals surface area (Å²) in [5.74, 6) is 0. The zero-order valence-corrected chi connectivity index (χ0v) is 13.4. The zero-order chi connectivity index (χ0) is 15.3. The molecule has 98 valence electrons. The van der Waals surface area contributed by atoms with Gasteiger partial charge in [-0.25, -0.2) is 0 Å². The second kappa shape index (κ2) is 4.79. The van der Waals surface area contributed by atoms with Gasteiger partial charge in [0, 0.05) is 32.4 Å². The first-order valence-electron chi connectivity index (χ1n) is 6.15. The molecule has 0 saturated heterocycles. The summed E-state index contributed by atoms with van der Waals surface area (Å²) >= 11 is 0. The molecule has 0 spiro atoms. The van der Waals surface area contributed by atoms with E-state index in [1.54, 1.807) is 26.0 Å². The molecule has 0 fully saturated rings. The van der Waals surface area contributed by atoms with Crippen molar-refractivity contribution in [1.29, 1.82) is 0 Å². The molecule has 2 heterocycles. The highest BCUT2D eigenvalue weighted by molar-refractivity contribution is 7.97. The first kappa shape index (κ1) is 15.4. The van der Waals surface area contributed by atoms with Crippen LogP contribution in [-0.2, 0) is 9.13 Å². The highest BCUT2D eigenvalue weighted by Gasteiger charge is 2.48. The van der Waals surface area contributed by atoms with Gasteiger partial charge in [-0.15, -0.1) is 0 Å². The van der Waals surface area contributed by atoms with E-state index in [4.69, 9.17) is 15.1 Å². The maximum atomic E-state index is 12.8. The van der Waals surface area contributed by atoms with Gasteiger partial charge in [-0.3, -0.25) is 0 Å². The van der Waals surface area contributed by atoms with Gasteiger partial charge < -0.3 is 9.13 Å². The van der Waals surface area contributed by atoms with E-state index in [0.717, 1.165) is 0 Å². The monoisotopic (exact) mass is 298 g/mol. The van der Waals surface area contributed by atoms with Gasteiger partial charge in [0.2, 0.25) is 0 Å². The Labute approximate surface area is 122 Å². The summed E-state index contributed by atoms with van der Waals surface area (Å²) in [5, 5.41) is 1.83. The predicted octanol–water partition coefficient (Wildman–Crippen LogP) is 4.59. The molecule has 2 nitrogen and oxygen atoms in total. The van der Waals surface area contributed by atoms with Crippen LogP contribution < -0.4 is 0 Å². The lowest BCUT2D eigenvalue weighted by Crippen LogP contribution is -1.88. The molecule has 2 aliphatic rings. The summed E-state index contributed by atoms with van der Waals surface area (Å²) in [7, 11) is 5.67. The summed E-state index contributed by atoms with van der Waals surface area (Å²) in [6.07, 6.45) is 6.33. The Morgan fingerprint density at radius 1 is 0.850 bits per heavy atom. The van der Waals surface area contributed by atoms with Gasteiger partial charge in [0.25, 0.3) is 0 Å². The summed E-state index contributed by atoms with van der Waals surface area (Å²) in [6, 6.07) is 0. The van der Waals surface area contributed by atoms with Crippen LogP contribution in [0.4, 0.5) is 0 Å². The third-order valence-electron chi connectivity index (χ3n) is 3.64. The van der Waals surface area contributed by atoms with Gasteiger partial charge in [-0.2, -0.15) is 0 Å². The van der Waals surface area contributed by atoms with E-state index < -0.39 is 14.0 Å². The molecule has 0 aromatic rings. The van der Waals surface area contributed by atoms with E-state index in [0.29, 0.717) is 32.4 Å². The Morgan fingerprint density at radius 3 is 1.35 bits per heavy atom. The minimum Gasteiger partial charge on any atom is -0.326 e. The van der Waals surface area contributed by atoms with Crippen LogP contribution in [0, 0.1) is 0 Å². The summed E-state index contributed by atoms with van der Waals surface area (Å²) in [4.78, 5) is 0. The minimum absolute atomic E-state index is 0.427. The standard InChI is InChI=1S/C14H14B2O2P2/c1-5-9-13-10(6-2)20(16,18)12(8-4)14(13)11(7-3)19(9,15)17/h5-8H,1,4H2,2-3H3/b10-6+,11-7+. The molecule has 0 saturated carbocycles. The van der Waals surface area contributed by atoms with E-state index in [9.17, 15) is 9.13 Å². The average Bonchev–Trinajstić information content (AvgIpc) is 2.70. The second-order valence-corrected chi connectivity index (χ2v) is 9.15. The molecule has 20 heavy (non-hydrogen) atoms. The lowest BCUT2D eigenvalue weighted by molar-refractivity contribution is 0.592. The van der Waals surface area contributed by atoms with Crippen molar-refractivity contribution in [2.24, 2.45) is 0 Å². The fourth-order valence-electron chi connectivity index (χ4n) is 2.85. The van der Waals surface area contributed by atoms with Gasteiger partial charge in [-0.05, 0) is 13.8 Å². The average molecular weight is 298 g/mol. The molecule has 0 bridgehead atoms. The maximum absolute atomic E-state index is 12.8. The number of fused-ring (bicyclic) bond motifs is 1. The van der Waals surface area contributed by atoms with Gasteiger partial charge in [0.15, 0.2) is 15.1 Å². The van der Waals surface area contributed by atoms with Crippen LogP contribution >= 0.6 is 14.0 Å². The molecule has 2 atom stereocenters. The maximum Gasteiger partial charge on any atom is 0.176 e. The van der Waals surface area contributed by atoms with Crippen LogP contribution in [0.3, 0.4) is 0 Å². The van der Waals surface area contributed by atoms with Crippen molar-refractivity contribution in [2.45, 2.75) is 13.8 Å². The molecule has 0 aromatic heterocycles. The smallest absolute Gasteiger partial charge is 0.176 e. The van der Waals surface area contributed by atoms with E-state index in [1.165, 1.54) is 12.2 Å². The first-order valence-corrected chi connectivity index (χ1v) is 9.70. The molecule has 0 amide bonds. The molecular weight excluding hydrogens is 284 g/mol. The minimum atomic E-state index is -3.20. The molecule has 0 aliphatic carbocycles. The van der Waals surface area contributed by atoms with Crippen LogP contribution in [0.1, 0.15) is 13.8 Å². The molecule has 0 aromatic carbocycles. The van der Waals surface area contributed by atoms with Crippen LogP contribution in [0.2, 0.25) is 0 Å². The van der Waals surface area contributed by atoms with Crippen molar-refractivity contribution in [1.82, 2.24) is 0 Å². The third-order valence-corrected chi connectivity index (χ3v) is 8.28. The molecule has 4 radical (unpaired) electrons. The van der Waals surface area contributed by atoms with Gasteiger partial charge in [-0.1, -0.05) is 37.5 Å². The Balaban J connectivity index is 3.05. The number of hydrogen-bond donors (Lipinski definition) is 0. The number of allylic oxidation sites excluding steroid dienone is 10. The van der Waals surface area contributed by atoms with Crippen molar-refractivity contribution in [3.63, 3.8) is 0 Å². The van der Waals surface area contributed by atoms with Crippen molar-refractivity contribution in [3.05, 3.63) is 69.9 Å². The van der Waals surface area contributed by atoms with E-state index >= 15 is 0 Å². The van der Waals surface area contributed by atoms with Crippen molar-refractivity contribution in [3.8, 4) is 0 Å². The van der Waals surface area contributed by atoms with Gasteiger partial charge in [0.05, 0.1) is 14.0 Å². The Kier molecular flexibility index (Phi) is 3.70. The largest absolute Gasteiger partial charge is 0.326 e. The molecule has 0 N–H and O–H groups in total. The molecule has 2 aliphatic heterocycles. The third kappa shape index (κ3) is 1.68. The predicted molar refractivity (Wildman–Crippen MR) is 88.7 cm³/mol. The number of hydrogen-bond acceptors (Lipinski definition) is 2. The van der Waals surface area contributed by atoms with Crippen LogP contribution in [0.25, 0.3) is 0 Å². The molecule has 2 unspecified atom stereocenters. The topological polar surface area (TPSA) is 34.1 Å². The van der Waals surface area contributed by atoms with E-state index in [1.807, 2.05) is 0 Å². The Bertz CT molecular complexity index is 687. The fraction of sp³-hybridized carbons (Fsp3) is 0.143. The van der Waals surface area contributed by atoms with Crippen LogP contribution in [0.5, 0.6) is 0 Å². The Morgan fingerprint density at radius 2 is 1.15 bits per heavy atom. The summed E-state index contributed by atoms with van der Waals surface area (Å²) in [6.45, 7) is 10.9. The Hall–Kier alpha value is -0.970. The highest BCUT2D eigenvalue weighted by Crippen LogP contribution is 2.79. The molecule has 2 rings (SSSR count). The highest BCUT2D eigenvalue weighted by atomic mass is 31.2. The summed E-state index contributed by atoms with van der Waals surface area (Å²) < 4.78 is 25.7. The van der Waals surface area contributed by atoms with E-state index in [-0.39, 0.29) is 0 Å². The second-order valence-electron chi connectivity index (χ2n) is 4.59. The normalized spacial score (nSPS) is 36.9. The first-order chi connectivity index (χ1) is 9.28. The molecule has 6 heteroatoms. The zero-order valence-electron chi connectivity index (χ0n) is 11.6. The lowest BCUT2D eigenvalue weighted by Gasteiger charge is -2.16. The number of rotatable bonds is 2. The van der Waals surface area contributed by atoms with Gasteiger partial charge in [0.1, 0.15) is 0 Å². The quantitative estimate of drug-likeness (QED) is 0.551. The molecular formula is C14H14B2O2P2. The van der Waals surface area contributed by atoms with Crippen molar-refractivity contribution in [2.75, 3.05) is 0 Å². The summed E-state index contributed by atoms with van der Waals surface area (Å²) in [5.41, 5.74) is 1.23. The van der Waals surface area contributed by atoms with Gasteiger partial charge >= 0.3 is 0 Å². The lowest BCUT2D eigenvalue weighted by atomic mass is 10.0. The van der Waals surface area contributed by atoms with Crippen LogP contribution in [-0.4, -0.2) is 15.1 Å². The van der Waals surface area contributed by atoms with E-state index in [2.05, 4.69) is 13.2 Å². The van der Waals surface area contributed by atoms with Crippen molar-refractivity contribution >= 4 is 29.2 Å².